The second-order valence-corrected chi connectivity index (χ2v) is 13.7. The average molecular weight is 601 g/mol. The molecule has 0 atom stereocenters. The molecule has 1 saturated heterocycles. The second kappa shape index (κ2) is 10.7. The van der Waals surface area contributed by atoms with Gasteiger partial charge in [0.15, 0.2) is 5.69 Å². The Kier molecular flexibility index (Phi) is 8.14. The van der Waals surface area contributed by atoms with E-state index in [2.05, 4.69) is 64.8 Å². The summed E-state index contributed by atoms with van der Waals surface area (Å²) in [7, 11) is 0. The topological polar surface area (TPSA) is 51.0 Å². The number of nitrogens with zero attached hydrogens (tertiary/aromatic N) is 4. The van der Waals surface area contributed by atoms with Crippen LogP contribution in [-0.2, 0) is 34.5 Å². The van der Waals surface area contributed by atoms with Crippen LogP contribution in [0.5, 0.6) is 0 Å². The van der Waals surface area contributed by atoms with Gasteiger partial charge in [-0.25, -0.2) is 4.98 Å². The van der Waals surface area contributed by atoms with Crippen LogP contribution in [0.15, 0.2) is 30.5 Å². The quantitative estimate of drug-likeness (QED) is 0.285. The minimum absolute atomic E-state index is 0.0409. The SMILES string of the molecule is CC(C)(C)c1cc(-c2ncc(C3CCN(C(=O)Cn4nc(C(F)(F)F)cc4C(F)(F)F)CC3)s2)cc(C(C)(C)C)c1. The summed E-state index contributed by atoms with van der Waals surface area (Å²) >= 11 is 1.59. The summed E-state index contributed by atoms with van der Waals surface area (Å²) in [5, 5.41) is 3.93. The predicted octanol–water partition coefficient (Wildman–Crippen LogP) is 8.05. The van der Waals surface area contributed by atoms with Gasteiger partial charge in [0, 0.05) is 35.8 Å². The van der Waals surface area contributed by atoms with E-state index >= 15 is 0 Å². The van der Waals surface area contributed by atoms with Gasteiger partial charge in [0.05, 0.1) is 0 Å². The number of rotatable bonds is 4. The van der Waals surface area contributed by atoms with Crippen molar-refractivity contribution in [3.63, 3.8) is 0 Å². The summed E-state index contributed by atoms with van der Waals surface area (Å²) in [5.74, 6) is -0.588. The zero-order valence-corrected chi connectivity index (χ0v) is 24.7. The van der Waals surface area contributed by atoms with Gasteiger partial charge < -0.3 is 4.90 Å². The molecule has 1 fully saturated rings. The fourth-order valence-corrected chi connectivity index (χ4v) is 5.84. The van der Waals surface area contributed by atoms with Gasteiger partial charge in [0.25, 0.3) is 0 Å². The third-order valence-electron chi connectivity index (χ3n) is 7.33. The van der Waals surface area contributed by atoms with Crippen molar-refractivity contribution in [1.82, 2.24) is 19.7 Å². The van der Waals surface area contributed by atoms with Crippen LogP contribution in [0.1, 0.15) is 87.7 Å². The predicted molar refractivity (Wildman–Crippen MR) is 146 cm³/mol. The lowest BCUT2D eigenvalue weighted by molar-refractivity contribution is -0.146. The number of likely N-dealkylation sites (tertiary alicyclic amines) is 1. The maximum absolute atomic E-state index is 13.3. The van der Waals surface area contributed by atoms with E-state index in [-0.39, 0.29) is 40.6 Å². The Morgan fingerprint density at radius 1 is 0.878 bits per heavy atom. The summed E-state index contributed by atoms with van der Waals surface area (Å²) < 4.78 is 79.0. The van der Waals surface area contributed by atoms with E-state index in [0.29, 0.717) is 12.8 Å². The molecular weight excluding hydrogens is 566 g/mol. The molecule has 5 nitrogen and oxygen atoms in total. The van der Waals surface area contributed by atoms with Crippen molar-refractivity contribution in [2.24, 2.45) is 0 Å². The lowest BCUT2D eigenvalue weighted by Gasteiger charge is -2.31. The van der Waals surface area contributed by atoms with Crippen LogP contribution in [0.4, 0.5) is 26.3 Å². The Morgan fingerprint density at radius 2 is 1.44 bits per heavy atom. The standard InChI is InChI=1S/C29H34F6N4OS/c1-26(2,3)19-11-18(12-20(13-19)27(4,5)6)25-36-15-21(41-25)17-7-9-38(10-8-17)24(40)16-39-23(29(33,34)35)14-22(37-39)28(30,31)32/h11-15,17H,7-10,16H2,1-6H3. The minimum atomic E-state index is -5.08. The Bertz CT molecular complexity index is 1370. The number of aromatic nitrogens is 3. The molecule has 0 N–H and O–H groups in total. The molecule has 1 aliphatic rings. The molecule has 3 aromatic rings. The van der Waals surface area contributed by atoms with Crippen LogP contribution in [0, 0.1) is 0 Å². The van der Waals surface area contributed by atoms with Gasteiger partial charge in [-0.2, -0.15) is 31.4 Å². The van der Waals surface area contributed by atoms with Crippen LogP contribution in [-0.4, -0.2) is 38.7 Å². The van der Waals surface area contributed by atoms with Crippen LogP contribution >= 0.6 is 11.3 Å². The number of piperidine rings is 1. The number of thiazole rings is 1. The fourth-order valence-electron chi connectivity index (χ4n) is 4.77. The third-order valence-corrected chi connectivity index (χ3v) is 8.54. The van der Waals surface area contributed by atoms with Crippen molar-refractivity contribution < 1.29 is 31.1 Å². The van der Waals surface area contributed by atoms with Gasteiger partial charge in [0.1, 0.15) is 17.2 Å². The van der Waals surface area contributed by atoms with Crippen LogP contribution in [0.25, 0.3) is 10.6 Å². The number of benzene rings is 1. The van der Waals surface area contributed by atoms with Crippen molar-refractivity contribution in [1.29, 1.82) is 0 Å². The first-order valence-corrected chi connectivity index (χ1v) is 14.2. The molecule has 3 heterocycles. The van der Waals surface area contributed by atoms with Crippen molar-refractivity contribution >= 4 is 17.2 Å². The molecule has 224 valence electrons. The molecule has 0 unspecified atom stereocenters. The first kappa shape index (κ1) is 31.1. The molecule has 41 heavy (non-hydrogen) atoms. The van der Waals surface area contributed by atoms with E-state index in [1.165, 1.54) is 16.0 Å². The maximum atomic E-state index is 13.3. The molecule has 12 heteroatoms. The van der Waals surface area contributed by atoms with Crippen molar-refractivity contribution in [3.05, 3.63) is 57.9 Å². The smallest absolute Gasteiger partial charge is 0.341 e. The summed E-state index contributed by atoms with van der Waals surface area (Å²) in [6, 6.07) is 6.53. The largest absolute Gasteiger partial charge is 0.435 e. The number of amides is 1. The summed E-state index contributed by atoms with van der Waals surface area (Å²) in [6.45, 7) is 12.7. The molecule has 4 rings (SSSR count). The Balaban J connectivity index is 1.46. The van der Waals surface area contributed by atoms with Gasteiger partial charge in [0.2, 0.25) is 5.91 Å². The zero-order valence-electron chi connectivity index (χ0n) is 23.9. The van der Waals surface area contributed by atoms with Crippen molar-refractivity contribution in [3.8, 4) is 10.6 Å². The maximum Gasteiger partial charge on any atom is 0.435 e. The van der Waals surface area contributed by atoms with Gasteiger partial charge in [-0.3, -0.25) is 9.48 Å². The molecule has 1 aromatic carbocycles. The normalized spacial score (nSPS) is 16.0. The molecule has 1 amide bonds. The number of carbonyl (C=O) groups excluding carboxylic acids is 1. The summed E-state index contributed by atoms with van der Waals surface area (Å²) in [4.78, 5) is 19.9. The molecular formula is C29H34F6N4OS. The highest BCUT2D eigenvalue weighted by molar-refractivity contribution is 7.15. The van der Waals surface area contributed by atoms with Crippen LogP contribution in [0.2, 0.25) is 0 Å². The Morgan fingerprint density at radius 3 is 1.93 bits per heavy atom. The lowest BCUT2D eigenvalue weighted by Crippen LogP contribution is -2.40. The number of carbonyl (C=O) groups is 1. The van der Waals surface area contributed by atoms with E-state index in [9.17, 15) is 31.1 Å². The van der Waals surface area contributed by atoms with Crippen LogP contribution in [0.3, 0.4) is 0 Å². The molecule has 0 spiro atoms. The first-order chi connectivity index (χ1) is 18.7. The highest BCUT2D eigenvalue weighted by atomic mass is 32.1. The average Bonchev–Trinajstić information content (AvgIpc) is 3.50. The van der Waals surface area contributed by atoms with Gasteiger partial charge in [-0.05, 0) is 52.8 Å². The summed E-state index contributed by atoms with van der Waals surface area (Å²) in [5.41, 5.74) is 0.120. The first-order valence-electron chi connectivity index (χ1n) is 13.4. The third kappa shape index (κ3) is 7.13. The Hall–Kier alpha value is -2.89. The number of hydrogen-bond donors (Lipinski definition) is 0. The minimum Gasteiger partial charge on any atom is -0.341 e. The second-order valence-electron chi connectivity index (χ2n) is 12.6. The van der Waals surface area contributed by atoms with Gasteiger partial charge >= 0.3 is 12.4 Å². The molecule has 0 aliphatic carbocycles. The van der Waals surface area contributed by atoms with Gasteiger partial charge in [-0.1, -0.05) is 47.6 Å². The van der Waals surface area contributed by atoms with E-state index in [4.69, 9.17) is 4.98 Å². The molecule has 1 aliphatic heterocycles. The van der Waals surface area contributed by atoms with Crippen molar-refractivity contribution in [2.45, 2.75) is 90.0 Å². The highest BCUT2D eigenvalue weighted by Crippen LogP contribution is 2.39. The monoisotopic (exact) mass is 600 g/mol. The molecule has 0 bridgehead atoms. The van der Waals surface area contributed by atoms with E-state index in [0.717, 1.165) is 15.4 Å². The summed E-state index contributed by atoms with van der Waals surface area (Å²) in [6.07, 6.45) is -7.14. The highest BCUT2D eigenvalue weighted by Gasteiger charge is 2.42. The van der Waals surface area contributed by atoms with Crippen molar-refractivity contribution in [2.75, 3.05) is 13.1 Å². The molecule has 2 aromatic heterocycles. The fraction of sp³-hybridized carbons (Fsp3) is 0.552. The Labute approximate surface area is 239 Å². The lowest BCUT2D eigenvalue weighted by atomic mass is 9.79. The van der Waals surface area contributed by atoms with Crippen LogP contribution < -0.4 is 0 Å². The van der Waals surface area contributed by atoms with E-state index < -0.39 is 36.2 Å². The van der Waals surface area contributed by atoms with E-state index in [1.807, 2.05) is 6.20 Å². The van der Waals surface area contributed by atoms with Gasteiger partial charge in [-0.15, -0.1) is 11.3 Å². The number of halogens is 6. The number of alkyl halides is 6. The number of hydrogen-bond acceptors (Lipinski definition) is 4. The molecule has 0 saturated carbocycles. The van der Waals surface area contributed by atoms with E-state index in [1.54, 1.807) is 11.3 Å². The molecule has 0 radical (unpaired) electrons. The zero-order chi connectivity index (χ0) is 30.5.